The molecule has 1 aliphatic heterocycles. The maximum Gasteiger partial charge on any atom is 0.229 e. The number of hydrogen-bond acceptors (Lipinski definition) is 11. The molecule has 5 atom stereocenters. The number of ether oxygens (including phenoxy) is 5. The summed E-state index contributed by atoms with van der Waals surface area (Å²) < 4.78 is 32.7. The molecule has 2 unspecified atom stereocenters. The second kappa shape index (κ2) is 10.1. The van der Waals surface area contributed by atoms with E-state index < -0.39 is 37.3 Å². The Kier molecular flexibility index (Phi) is 7.15. The molecular formula is C24H26O11. The van der Waals surface area contributed by atoms with Crippen LogP contribution in [0.2, 0.25) is 0 Å². The first-order valence-corrected chi connectivity index (χ1v) is 10.7. The molecule has 188 valence electrons. The van der Waals surface area contributed by atoms with Crippen molar-refractivity contribution in [2.75, 3.05) is 27.9 Å². The molecule has 0 aliphatic carbocycles. The van der Waals surface area contributed by atoms with Crippen molar-refractivity contribution in [3.8, 4) is 34.1 Å². The summed E-state index contributed by atoms with van der Waals surface area (Å²) in [5.41, 5.74) is 0.539. The molecule has 2 heterocycles. The van der Waals surface area contributed by atoms with Crippen molar-refractivity contribution in [1.29, 1.82) is 0 Å². The zero-order valence-electron chi connectivity index (χ0n) is 19.2. The second-order valence-electron chi connectivity index (χ2n) is 7.86. The molecule has 1 aromatic heterocycles. The minimum Gasteiger partial charge on any atom is -0.496 e. The largest absolute Gasteiger partial charge is 0.496 e. The lowest BCUT2D eigenvalue weighted by Crippen LogP contribution is -2.60. The summed E-state index contributed by atoms with van der Waals surface area (Å²) in [6.45, 7) is -0.584. The van der Waals surface area contributed by atoms with Gasteiger partial charge in [0.05, 0.1) is 38.9 Å². The highest BCUT2D eigenvalue weighted by Gasteiger charge is 2.44. The maximum atomic E-state index is 13.3. The van der Waals surface area contributed by atoms with Gasteiger partial charge in [-0.15, -0.1) is 0 Å². The third kappa shape index (κ3) is 4.51. The fraction of sp³-hybridized carbons (Fsp3) is 0.375. The summed E-state index contributed by atoms with van der Waals surface area (Å²) in [6.07, 6.45) is -5.86. The zero-order valence-corrected chi connectivity index (χ0v) is 19.2. The lowest BCUT2D eigenvalue weighted by atomic mass is 9.99. The minimum atomic E-state index is -1.58. The normalized spacial score (nSPS) is 24.3. The number of aliphatic hydroxyl groups is 4. The first-order valence-electron chi connectivity index (χ1n) is 10.7. The predicted octanol–water partition coefficient (Wildman–Crippen LogP) is 0.664. The molecule has 0 amide bonds. The van der Waals surface area contributed by atoms with E-state index in [0.717, 1.165) is 0 Å². The first kappa shape index (κ1) is 24.8. The van der Waals surface area contributed by atoms with Crippen molar-refractivity contribution in [3.63, 3.8) is 0 Å². The Morgan fingerprint density at radius 2 is 1.54 bits per heavy atom. The lowest BCUT2D eigenvalue weighted by molar-refractivity contribution is -0.277. The van der Waals surface area contributed by atoms with Crippen LogP contribution < -0.4 is 24.4 Å². The van der Waals surface area contributed by atoms with Crippen LogP contribution in [0.4, 0.5) is 0 Å². The van der Waals surface area contributed by atoms with Crippen LogP contribution in [0.15, 0.2) is 45.8 Å². The molecular weight excluding hydrogens is 464 g/mol. The number of benzene rings is 2. The molecule has 2 aromatic carbocycles. The van der Waals surface area contributed by atoms with Gasteiger partial charge < -0.3 is 48.5 Å². The van der Waals surface area contributed by atoms with E-state index in [0.29, 0.717) is 22.8 Å². The SMILES string of the molecule is COc1cc(OC)c(-c2coc3cc(O[C@@H]4OC(CO)[C@@H](O)C(O)[C@@H]4O)ccc3c2=O)cc1OC. The van der Waals surface area contributed by atoms with Gasteiger partial charge in [-0.1, -0.05) is 0 Å². The van der Waals surface area contributed by atoms with Gasteiger partial charge in [-0.2, -0.15) is 0 Å². The van der Waals surface area contributed by atoms with E-state index in [2.05, 4.69) is 0 Å². The smallest absolute Gasteiger partial charge is 0.229 e. The van der Waals surface area contributed by atoms with Crippen LogP contribution in [-0.4, -0.2) is 79.1 Å². The van der Waals surface area contributed by atoms with Gasteiger partial charge in [0.2, 0.25) is 11.7 Å². The van der Waals surface area contributed by atoms with Gasteiger partial charge >= 0.3 is 0 Å². The van der Waals surface area contributed by atoms with Crippen molar-refractivity contribution < 1.29 is 48.5 Å². The molecule has 1 aliphatic rings. The van der Waals surface area contributed by atoms with E-state index in [1.54, 1.807) is 12.1 Å². The van der Waals surface area contributed by atoms with E-state index in [4.69, 9.17) is 28.1 Å². The molecule has 11 heteroatoms. The molecule has 1 fully saturated rings. The van der Waals surface area contributed by atoms with Crippen LogP contribution in [0.3, 0.4) is 0 Å². The van der Waals surface area contributed by atoms with Crippen molar-refractivity contribution in [3.05, 3.63) is 46.8 Å². The highest BCUT2D eigenvalue weighted by Crippen LogP contribution is 2.39. The van der Waals surface area contributed by atoms with E-state index in [9.17, 15) is 25.2 Å². The standard InChI is InChI=1S/C24H26O11/c1-30-15-8-18(32-3)17(31-2)7-13(15)14-10-33-16-6-11(4-5-12(16)20(14)26)34-24-23(29)22(28)21(27)19(9-25)35-24/h4-8,10,19,21-25,27-29H,9H2,1-3H3/t19?,21-,22?,23+,24-/m1/s1. The van der Waals surface area contributed by atoms with Crippen LogP contribution in [0.5, 0.6) is 23.0 Å². The fourth-order valence-corrected chi connectivity index (χ4v) is 3.91. The van der Waals surface area contributed by atoms with Crippen LogP contribution in [-0.2, 0) is 4.74 Å². The Morgan fingerprint density at radius 1 is 0.857 bits per heavy atom. The van der Waals surface area contributed by atoms with Crippen LogP contribution in [0.1, 0.15) is 0 Å². The Labute approximate surface area is 199 Å². The van der Waals surface area contributed by atoms with Gasteiger partial charge in [0.1, 0.15) is 47.8 Å². The van der Waals surface area contributed by atoms with Crippen LogP contribution in [0.25, 0.3) is 22.1 Å². The number of methoxy groups -OCH3 is 3. The number of aliphatic hydroxyl groups excluding tert-OH is 4. The average Bonchev–Trinajstić information content (AvgIpc) is 2.88. The number of fused-ring (bicyclic) bond motifs is 1. The quantitative estimate of drug-likeness (QED) is 0.369. The fourth-order valence-electron chi connectivity index (χ4n) is 3.91. The summed E-state index contributed by atoms with van der Waals surface area (Å²) in [7, 11) is 4.44. The summed E-state index contributed by atoms with van der Waals surface area (Å²) in [5, 5.41) is 39.6. The monoisotopic (exact) mass is 490 g/mol. The molecule has 35 heavy (non-hydrogen) atoms. The van der Waals surface area contributed by atoms with E-state index >= 15 is 0 Å². The van der Waals surface area contributed by atoms with Gasteiger partial charge in [-0.3, -0.25) is 4.79 Å². The van der Waals surface area contributed by atoms with Gasteiger partial charge in [-0.05, 0) is 18.2 Å². The molecule has 4 rings (SSSR count). The Hall–Kier alpha value is -3.35. The van der Waals surface area contributed by atoms with Gasteiger partial charge in [0.15, 0.2) is 11.5 Å². The number of rotatable bonds is 7. The van der Waals surface area contributed by atoms with Gasteiger partial charge in [0, 0.05) is 17.7 Å². The molecule has 3 aromatic rings. The van der Waals surface area contributed by atoms with Crippen LogP contribution in [0, 0.1) is 0 Å². The highest BCUT2D eigenvalue weighted by atomic mass is 16.7. The molecule has 0 radical (unpaired) electrons. The lowest BCUT2D eigenvalue weighted by Gasteiger charge is -2.39. The van der Waals surface area contributed by atoms with Crippen LogP contribution >= 0.6 is 0 Å². The first-order chi connectivity index (χ1) is 16.8. The summed E-state index contributed by atoms with van der Waals surface area (Å²) >= 11 is 0. The average molecular weight is 490 g/mol. The Bertz CT molecular complexity index is 1250. The summed E-state index contributed by atoms with van der Waals surface area (Å²) in [5.74, 6) is 1.40. The third-order valence-electron chi connectivity index (χ3n) is 5.84. The molecule has 1 saturated heterocycles. The molecule has 0 saturated carbocycles. The Morgan fingerprint density at radius 3 is 2.20 bits per heavy atom. The van der Waals surface area contributed by atoms with E-state index in [1.165, 1.54) is 45.8 Å². The molecule has 0 spiro atoms. The molecule has 11 nitrogen and oxygen atoms in total. The topological polar surface area (TPSA) is 157 Å². The predicted molar refractivity (Wildman–Crippen MR) is 122 cm³/mol. The van der Waals surface area contributed by atoms with E-state index in [1.807, 2.05) is 0 Å². The van der Waals surface area contributed by atoms with Crippen molar-refractivity contribution >= 4 is 11.0 Å². The zero-order chi connectivity index (χ0) is 25.3. The maximum absolute atomic E-state index is 13.3. The minimum absolute atomic E-state index is 0.168. The third-order valence-corrected chi connectivity index (χ3v) is 5.84. The van der Waals surface area contributed by atoms with Gasteiger partial charge in [0.25, 0.3) is 0 Å². The number of hydrogen-bond donors (Lipinski definition) is 4. The Balaban J connectivity index is 1.68. The summed E-state index contributed by atoms with van der Waals surface area (Å²) in [6, 6.07) is 7.60. The second-order valence-corrected chi connectivity index (χ2v) is 7.86. The van der Waals surface area contributed by atoms with E-state index in [-0.39, 0.29) is 27.7 Å². The van der Waals surface area contributed by atoms with Crippen molar-refractivity contribution in [2.24, 2.45) is 0 Å². The van der Waals surface area contributed by atoms with Crippen molar-refractivity contribution in [2.45, 2.75) is 30.7 Å². The molecule has 0 bridgehead atoms. The summed E-state index contributed by atoms with van der Waals surface area (Å²) in [4.78, 5) is 13.3. The van der Waals surface area contributed by atoms with Gasteiger partial charge in [-0.25, -0.2) is 0 Å². The highest BCUT2D eigenvalue weighted by molar-refractivity contribution is 5.84. The molecule has 4 N–H and O–H groups in total. The van der Waals surface area contributed by atoms with Crippen molar-refractivity contribution in [1.82, 2.24) is 0 Å².